The predicted molar refractivity (Wildman–Crippen MR) is 123 cm³/mol. The summed E-state index contributed by atoms with van der Waals surface area (Å²) in [5.74, 6) is 3.18. The van der Waals surface area contributed by atoms with Crippen molar-refractivity contribution in [2.75, 3.05) is 19.7 Å². The third-order valence-corrected chi connectivity index (χ3v) is 9.10. The van der Waals surface area contributed by atoms with E-state index in [0.29, 0.717) is 36.6 Å². The van der Waals surface area contributed by atoms with Crippen LogP contribution in [0.4, 0.5) is 0 Å². The second-order valence-corrected chi connectivity index (χ2v) is 10.5. The zero-order valence-corrected chi connectivity index (χ0v) is 19.5. The number of allylic oxidation sites excluding steroid dienone is 4. The smallest absolute Gasteiger partial charge is 0.157 e. The SMILES string of the molecule is CCOc1cncc(C2=CC[C@H]3[C@@H]4CN(CC)C5=CC(=O)CC[C@]5(C)[C@H]4CC[C@]23C)c1. The molecule has 5 rings (SSSR count). The van der Waals surface area contributed by atoms with Gasteiger partial charge in [-0.3, -0.25) is 9.78 Å². The fourth-order valence-corrected chi connectivity index (χ4v) is 7.54. The summed E-state index contributed by atoms with van der Waals surface area (Å²) in [6.45, 7) is 11.9. The fraction of sp³-hybridized carbons (Fsp3) is 0.630. The lowest BCUT2D eigenvalue weighted by Crippen LogP contribution is -2.57. The first-order valence-electron chi connectivity index (χ1n) is 12.2. The molecule has 0 amide bonds. The first kappa shape index (κ1) is 20.8. The van der Waals surface area contributed by atoms with Crippen molar-refractivity contribution < 1.29 is 9.53 Å². The lowest BCUT2D eigenvalue weighted by molar-refractivity contribution is -0.118. The number of fused-ring (bicyclic) bond motifs is 5. The van der Waals surface area contributed by atoms with Crippen LogP contribution < -0.4 is 4.74 Å². The normalized spacial score (nSPS) is 36.8. The van der Waals surface area contributed by atoms with Gasteiger partial charge in [-0.05, 0) is 79.9 Å². The van der Waals surface area contributed by atoms with Gasteiger partial charge >= 0.3 is 0 Å². The average Bonchev–Trinajstić information content (AvgIpc) is 3.12. The van der Waals surface area contributed by atoms with Crippen molar-refractivity contribution in [1.82, 2.24) is 9.88 Å². The number of hydrogen-bond donors (Lipinski definition) is 0. The summed E-state index contributed by atoms with van der Waals surface area (Å²) in [6, 6.07) is 2.18. The number of ketones is 1. The first-order chi connectivity index (χ1) is 14.9. The van der Waals surface area contributed by atoms with Crippen LogP contribution in [0.5, 0.6) is 5.75 Å². The molecule has 0 unspecified atom stereocenters. The Kier molecular flexibility index (Phi) is 5.02. The lowest BCUT2D eigenvalue weighted by Gasteiger charge is -2.60. The summed E-state index contributed by atoms with van der Waals surface area (Å²) in [4.78, 5) is 19.3. The van der Waals surface area contributed by atoms with Crippen LogP contribution in [0.1, 0.15) is 65.4 Å². The molecule has 1 aliphatic heterocycles. The molecule has 0 aromatic carbocycles. The lowest BCUT2D eigenvalue weighted by atomic mass is 9.49. The zero-order chi connectivity index (χ0) is 21.8. The van der Waals surface area contributed by atoms with Gasteiger partial charge in [0.25, 0.3) is 0 Å². The summed E-state index contributed by atoms with van der Waals surface area (Å²) >= 11 is 0. The van der Waals surface area contributed by atoms with Gasteiger partial charge in [0, 0.05) is 42.9 Å². The fourth-order valence-electron chi connectivity index (χ4n) is 7.54. The Balaban J connectivity index is 1.48. The molecule has 5 atom stereocenters. The van der Waals surface area contributed by atoms with E-state index in [-0.39, 0.29) is 10.8 Å². The molecule has 166 valence electrons. The first-order valence-corrected chi connectivity index (χ1v) is 12.2. The number of rotatable bonds is 4. The van der Waals surface area contributed by atoms with E-state index in [2.05, 4.69) is 42.8 Å². The number of pyridine rings is 1. The van der Waals surface area contributed by atoms with Crippen molar-refractivity contribution in [2.24, 2.45) is 28.6 Å². The highest BCUT2D eigenvalue weighted by Crippen LogP contribution is 2.65. The van der Waals surface area contributed by atoms with E-state index in [1.165, 1.54) is 29.7 Å². The molecule has 1 saturated carbocycles. The number of nitrogens with zero attached hydrogens (tertiary/aromatic N) is 2. The third-order valence-electron chi connectivity index (χ3n) is 9.10. The molecule has 3 aliphatic carbocycles. The molecule has 0 N–H and O–H groups in total. The van der Waals surface area contributed by atoms with E-state index in [0.717, 1.165) is 31.7 Å². The van der Waals surface area contributed by atoms with Crippen LogP contribution >= 0.6 is 0 Å². The standard InChI is InChI=1S/C27H36N2O2/c1-5-29-17-21-23-8-7-22(18-13-20(31-6-2)16-28-15-18)26(23,3)12-10-24(21)27(4)11-9-19(30)14-25(27)29/h7,13-16,21,23-24H,5-6,8-12,17H2,1-4H3/t21-,23-,24-,26+,27+/m0/s1. The maximum absolute atomic E-state index is 12.3. The molecule has 1 aromatic rings. The van der Waals surface area contributed by atoms with Gasteiger partial charge in [-0.1, -0.05) is 19.9 Å². The summed E-state index contributed by atoms with van der Waals surface area (Å²) in [5.41, 5.74) is 4.37. The highest BCUT2D eigenvalue weighted by molar-refractivity contribution is 5.91. The second-order valence-electron chi connectivity index (χ2n) is 10.5. The largest absolute Gasteiger partial charge is 0.492 e. The van der Waals surface area contributed by atoms with Gasteiger partial charge in [0.1, 0.15) is 5.75 Å². The van der Waals surface area contributed by atoms with E-state index in [1.54, 1.807) is 0 Å². The van der Waals surface area contributed by atoms with Crippen molar-refractivity contribution in [3.63, 3.8) is 0 Å². The van der Waals surface area contributed by atoms with Gasteiger partial charge in [0.05, 0.1) is 12.8 Å². The van der Waals surface area contributed by atoms with Crippen LogP contribution in [0.25, 0.3) is 5.57 Å². The van der Waals surface area contributed by atoms with Gasteiger partial charge in [-0.2, -0.15) is 0 Å². The van der Waals surface area contributed by atoms with Crippen LogP contribution in [0.15, 0.2) is 36.3 Å². The number of carbonyl (C=O) groups is 1. The van der Waals surface area contributed by atoms with E-state index < -0.39 is 0 Å². The summed E-state index contributed by atoms with van der Waals surface area (Å²) in [7, 11) is 0. The van der Waals surface area contributed by atoms with Crippen molar-refractivity contribution >= 4 is 11.4 Å². The van der Waals surface area contributed by atoms with Gasteiger partial charge < -0.3 is 9.64 Å². The number of likely N-dealkylation sites (tertiary alicyclic amines) is 1. The van der Waals surface area contributed by atoms with Crippen LogP contribution in [0, 0.1) is 28.6 Å². The summed E-state index contributed by atoms with van der Waals surface area (Å²) in [5, 5.41) is 0. The molecule has 0 bridgehead atoms. The Hall–Kier alpha value is -2.10. The molecule has 2 heterocycles. The van der Waals surface area contributed by atoms with Crippen molar-refractivity contribution in [2.45, 2.75) is 59.8 Å². The number of aromatic nitrogens is 1. The third kappa shape index (κ3) is 3.08. The summed E-state index contributed by atoms with van der Waals surface area (Å²) < 4.78 is 5.74. The van der Waals surface area contributed by atoms with Gasteiger partial charge in [0.15, 0.2) is 5.78 Å². The Morgan fingerprint density at radius 3 is 2.77 bits per heavy atom. The van der Waals surface area contributed by atoms with Crippen LogP contribution in [0.3, 0.4) is 0 Å². The Morgan fingerprint density at radius 2 is 2.00 bits per heavy atom. The minimum absolute atomic E-state index is 0.146. The number of carbonyl (C=O) groups excluding carboxylic acids is 1. The van der Waals surface area contributed by atoms with Crippen LogP contribution in [-0.4, -0.2) is 35.4 Å². The maximum atomic E-state index is 12.3. The minimum atomic E-state index is 0.146. The Morgan fingerprint density at radius 1 is 1.16 bits per heavy atom. The predicted octanol–water partition coefficient (Wildman–Crippen LogP) is 5.50. The van der Waals surface area contributed by atoms with Gasteiger partial charge in [-0.25, -0.2) is 0 Å². The second kappa shape index (κ2) is 7.50. The van der Waals surface area contributed by atoms with E-state index in [1.807, 2.05) is 25.4 Å². The van der Waals surface area contributed by atoms with Crippen LogP contribution in [-0.2, 0) is 4.79 Å². The molecule has 2 fully saturated rings. The molecule has 0 spiro atoms. The van der Waals surface area contributed by atoms with Crippen molar-refractivity contribution in [3.8, 4) is 5.75 Å². The number of ether oxygens (including phenoxy) is 1. The van der Waals surface area contributed by atoms with E-state index >= 15 is 0 Å². The molecular formula is C27H36N2O2. The van der Waals surface area contributed by atoms with Gasteiger partial charge in [-0.15, -0.1) is 0 Å². The highest BCUT2D eigenvalue weighted by Gasteiger charge is 2.58. The molecule has 1 aromatic heterocycles. The number of hydrogen-bond acceptors (Lipinski definition) is 4. The number of piperidine rings is 1. The Labute approximate surface area is 186 Å². The molecule has 4 aliphatic rings. The Bertz CT molecular complexity index is 950. The van der Waals surface area contributed by atoms with E-state index in [9.17, 15) is 4.79 Å². The molecule has 4 nitrogen and oxygen atoms in total. The maximum Gasteiger partial charge on any atom is 0.157 e. The molecular weight excluding hydrogens is 384 g/mol. The zero-order valence-electron chi connectivity index (χ0n) is 19.5. The molecule has 4 heteroatoms. The topological polar surface area (TPSA) is 42.4 Å². The monoisotopic (exact) mass is 420 g/mol. The molecule has 0 radical (unpaired) electrons. The van der Waals surface area contributed by atoms with Crippen molar-refractivity contribution in [1.29, 1.82) is 0 Å². The quantitative estimate of drug-likeness (QED) is 0.645. The average molecular weight is 421 g/mol. The van der Waals surface area contributed by atoms with Gasteiger partial charge in [0.2, 0.25) is 0 Å². The van der Waals surface area contributed by atoms with E-state index in [4.69, 9.17) is 4.74 Å². The summed E-state index contributed by atoms with van der Waals surface area (Å²) in [6.07, 6.45) is 13.6. The highest BCUT2D eigenvalue weighted by atomic mass is 16.5. The molecule has 1 saturated heterocycles. The van der Waals surface area contributed by atoms with Crippen LogP contribution in [0.2, 0.25) is 0 Å². The minimum Gasteiger partial charge on any atom is -0.492 e. The molecule has 31 heavy (non-hydrogen) atoms. The van der Waals surface area contributed by atoms with Crippen molar-refractivity contribution in [3.05, 3.63) is 41.9 Å².